The molecule has 18 heavy (non-hydrogen) atoms. The monoisotopic (exact) mass is 251 g/mol. The minimum absolute atomic E-state index is 0.120. The molecule has 1 N–H and O–H groups in total. The van der Waals surface area contributed by atoms with E-state index in [1.165, 1.54) is 0 Å². The molecule has 0 fully saturated rings. The molecular weight excluding hydrogens is 234 g/mol. The zero-order chi connectivity index (χ0) is 13.3. The SMILES string of the molecule is CCCC(=O)N1CCc2c(C(=O)O)nn(C)c2C1. The van der Waals surface area contributed by atoms with Gasteiger partial charge in [0.2, 0.25) is 5.91 Å². The Kier molecular flexibility index (Phi) is 3.36. The van der Waals surface area contributed by atoms with Gasteiger partial charge in [0.05, 0.1) is 12.2 Å². The van der Waals surface area contributed by atoms with Gasteiger partial charge in [0, 0.05) is 25.6 Å². The Morgan fingerprint density at radius 2 is 2.17 bits per heavy atom. The van der Waals surface area contributed by atoms with E-state index < -0.39 is 5.97 Å². The largest absolute Gasteiger partial charge is 0.476 e. The molecule has 0 unspecified atom stereocenters. The summed E-state index contributed by atoms with van der Waals surface area (Å²) in [5.74, 6) is -0.874. The van der Waals surface area contributed by atoms with Gasteiger partial charge in [-0.1, -0.05) is 6.92 Å². The predicted octanol–water partition coefficient (Wildman–Crippen LogP) is 0.803. The van der Waals surface area contributed by atoms with Crippen molar-refractivity contribution < 1.29 is 14.7 Å². The van der Waals surface area contributed by atoms with Crippen molar-refractivity contribution in [2.75, 3.05) is 6.54 Å². The summed E-state index contributed by atoms with van der Waals surface area (Å²) in [5, 5.41) is 13.1. The van der Waals surface area contributed by atoms with E-state index in [-0.39, 0.29) is 11.6 Å². The van der Waals surface area contributed by atoms with Gasteiger partial charge in [-0.15, -0.1) is 0 Å². The number of carboxylic acids is 1. The minimum Gasteiger partial charge on any atom is -0.476 e. The number of carbonyl (C=O) groups excluding carboxylic acids is 1. The first kappa shape index (κ1) is 12.6. The first-order chi connectivity index (χ1) is 8.54. The van der Waals surface area contributed by atoms with Crippen LogP contribution in [-0.4, -0.2) is 38.2 Å². The van der Waals surface area contributed by atoms with Crippen LogP contribution in [0.15, 0.2) is 0 Å². The second-order valence-corrected chi connectivity index (χ2v) is 4.52. The van der Waals surface area contributed by atoms with E-state index in [1.807, 2.05) is 6.92 Å². The molecule has 1 aliphatic heterocycles. The summed E-state index contributed by atoms with van der Waals surface area (Å²) in [4.78, 5) is 24.7. The van der Waals surface area contributed by atoms with E-state index in [9.17, 15) is 9.59 Å². The van der Waals surface area contributed by atoms with Crippen molar-refractivity contribution in [3.05, 3.63) is 17.0 Å². The molecule has 1 aromatic heterocycles. The number of nitrogens with zero attached hydrogens (tertiary/aromatic N) is 3. The number of hydrogen-bond acceptors (Lipinski definition) is 3. The molecule has 6 heteroatoms. The highest BCUT2D eigenvalue weighted by Crippen LogP contribution is 2.22. The quantitative estimate of drug-likeness (QED) is 0.862. The first-order valence-corrected chi connectivity index (χ1v) is 6.10. The van der Waals surface area contributed by atoms with Gasteiger partial charge in [-0.05, 0) is 12.8 Å². The molecule has 0 saturated heterocycles. The number of amides is 1. The fraction of sp³-hybridized carbons (Fsp3) is 0.583. The Morgan fingerprint density at radius 1 is 1.44 bits per heavy atom. The number of aromatic carboxylic acids is 1. The zero-order valence-corrected chi connectivity index (χ0v) is 10.6. The van der Waals surface area contributed by atoms with E-state index in [2.05, 4.69) is 5.10 Å². The molecule has 0 aromatic carbocycles. The summed E-state index contributed by atoms with van der Waals surface area (Å²) in [6.45, 7) is 3.02. The summed E-state index contributed by atoms with van der Waals surface area (Å²) in [6, 6.07) is 0. The summed E-state index contributed by atoms with van der Waals surface area (Å²) >= 11 is 0. The molecule has 0 aliphatic carbocycles. The Balaban J connectivity index is 2.25. The lowest BCUT2D eigenvalue weighted by Crippen LogP contribution is -2.36. The molecule has 0 saturated carbocycles. The van der Waals surface area contributed by atoms with Crippen LogP contribution in [0.3, 0.4) is 0 Å². The second kappa shape index (κ2) is 4.80. The number of aryl methyl sites for hydroxylation is 1. The molecule has 0 spiro atoms. The van der Waals surface area contributed by atoms with Crippen molar-refractivity contribution >= 4 is 11.9 Å². The third-order valence-electron chi connectivity index (χ3n) is 3.27. The lowest BCUT2D eigenvalue weighted by molar-refractivity contribution is -0.132. The van der Waals surface area contributed by atoms with Crippen LogP contribution in [0.1, 0.15) is 41.5 Å². The molecule has 1 aliphatic rings. The number of carbonyl (C=O) groups is 2. The van der Waals surface area contributed by atoms with E-state index in [4.69, 9.17) is 5.11 Å². The fourth-order valence-electron chi connectivity index (χ4n) is 2.33. The highest BCUT2D eigenvalue weighted by Gasteiger charge is 2.28. The average Bonchev–Trinajstić information content (AvgIpc) is 2.67. The molecule has 0 radical (unpaired) electrons. The molecular formula is C12H17N3O3. The molecule has 6 nitrogen and oxygen atoms in total. The Bertz CT molecular complexity index is 493. The average molecular weight is 251 g/mol. The maximum atomic E-state index is 11.8. The number of rotatable bonds is 3. The molecule has 98 valence electrons. The lowest BCUT2D eigenvalue weighted by atomic mass is 10.0. The summed E-state index contributed by atoms with van der Waals surface area (Å²) in [6.07, 6.45) is 1.94. The highest BCUT2D eigenvalue weighted by molar-refractivity contribution is 5.87. The highest BCUT2D eigenvalue weighted by atomic mass is 16.4. The van der Waals surface area contributed by atoms with Crippen LogP contribution in [-0.2, 0) is 24.8 Å². The lowest BCUT2D eigenvalue weighted by Gasteiger charge is -2.27. The van der Waals surface area contributed by atoms with Crippen molar-refractivity contribution in [1.29, 1.82) is 0 Å². The zero-order valence-electron chi connectivity index (χ0n) is 10.6. The van der Waals surface area contributed by atoms with Gasteiger partial charge in [0.1, 0.15) is 0 Å². The van der Waals surface area contributed by atoms with E-state index >= 15 is 0 Å². The van der Waals surface area contributed by atoms with Gasteiger partial charge in [-0.2, -0.15) is 5.10 Å². The van der Waals surface area contributed by atoms with Crippen LogP contribution in [0.4, 0.5) is 0 Å². The maximum Gasteiger partial charge on any atom is 0.356 e. The number of hydrogen-bond donors (Lipinski definition) is 1. The van der Waals surface area contributed by atoms with Crippen molar-refractivity contribution in [1.82, 2.24) is 14.7 Å². The molecule has 0 bridgehead atoms. The molecule has 0 atom stereocenters. The number of fused-ring (bicyclic) bond motifs is 1. The Morgan fingerprint density at radius 3 is 2.78 bits per heavy atom. The van der Waals surface area contributed by atoms with E-state index in [0.29, 0.717) is 25.9 Å². The Hall–Kier alpha value is -1.85. The van der Waals surface area contributed by atoms with Crippen molar-refractivity contribution in [2.45, 2.75) is 32.7 Å². The smallest absolute Gasteiger partial charge is 0.356 e. The van der Waals surface area contributed by atoms with Crippen molar-refractivity contribution in [2.24, 2.45) is 7.05 Å². The standard InChI is InChI=1S/C12H17N3O3/c1-3-4-10(16)15-6-5-8-9(7-15)14(2)13-11(8)12(17)18/h3-7H2,1-2H3,(H,17,18). The topological polar surface area (TPSA) is 75.4 Å². The fourth-order valence-corrected chi connectivity index (χ4v) is 2.33. The third kappa shape index (κ3) is 2.10. The number of aromatic nitrogens is 2. The van der Waals surface area contributed by atoms with Crippen LogP contribution in [0.2, 0.25) is 0 Å². The predicted molar refractivity (Wildman–Crippen MR) is 64.2 cm³/mol. The van der Waals surface area contributed by atoms with Gasteiger partial charge in [-0.3, -0.25) is 9.48 Å². The first-order valence-electron chi connectivity index (χ1n) is 6.10. The Labute approximate surface area is 105 Å². The summed E-state index contributed by atoms with van der Waals surface area (Å²) < 4.78 is 1.57. The number of carboxylic acid groups (broad SMARTS) is 1. The van der Waals surface area contributed by atoms with Gasteiger partial charge in [0.15, 0.2) is 5.69 Å². The molecule has 2 heterocycles. The molecule has 1 aromatic rings. The van der Waals surface area contributed by atoms with Crippen molar-refractivity contribution in [3.63, 3.8) is 0 Å². The van der Waals surface area contributed by atoms with Gasteiger partial charge < -0.3 is 10.0 Å². The normalized spacial score (nSPS) is 14.4. The third-order valence-corrected chi connectivity index (χ3v) is 3.27. The summed E-state index contributed by atoms with van der Waals surface area (Å²) in [7, 11) is 1.72. The van der Waals surface area contributed by atoms with Crippen LogP contribution in [0.5, 0.6) is 0 Å². The van der Waals surface area contributed by atoms with Gasteiger partial charge in [-0.25, -0.2) is 4.79 Å². The van der Waals surface area contributed by atoms with Crippen LogP contribution in [0.25, 0.3) is 0 Å². The van der Waals surface area contributed by atoms with Crippen LogP contribution >= 0.6 is 0 Å². The van der Waals surface area contributed by atoms with Gasteiger partial charge in [0.25, 0.3) is 0 Å². The molecule has 2 rings (SSSR count). The maximum absolute atomic E-state index is 11.8. The van der Waals surface area contributed by atoms with Crippen LogP contribution < -0.4 is 0 Å². The van der Waals surface area contributed by atoms with E-state index in [0.717, 1.165) is 17.7 Å². The van der Waals surface area contributed by atoms with Gasteiger partial charge >= 0.3 is 5.97 Å². The van der Waals surface area contributed by atoms with E-state index in [1.54, 1.807) is 16.6 Å². The van der Waals surface area contributed by atoms with Crippen molar-refractivity contribution in [3.8, 4) is 0 Å². The minimum atomic E-state index is -1.000. The second-order valence-electron chi connectivity index (χ2n) is 4.52. The van der Waals surface area contributed by atoms with Crippen LogP contribution in [0, 0.1) is 0 Å². The molecule has 1 amide bonds. The summed E-state index contributed by atoms with van der Waals surface area (Å²) in [5.41, 5.74) is 1.73.